The zero-order valence-electron chi connectivity index (χ0n) is 9.05. The molecule has 1 heterocycles. The number of aliphatic carboxylic acids is 1. The van der Waals surface area contributed by atoms with Crippen LogP contribution in [-0.4, -0.2) is 52.9 Å². The molecule has 0 aromatic heterocycles. The number of likely N-dealkylation sites (tertiary alicyclic amines) is 1. The quantitative estimate of drug-likeness (QED) is 0.563. The zero-order valence-corrected chi connectivity index (χ0v) is 9.05. The number of hydroxylamine groups is 1. The van der Waals surface area contributed by atoms with Gasteiger partial charge in [-0.3, -0.25) is 4.84 Å². The van der Waals surface area contributed by atoms with Crippen LogP contribution < -0.4 is 5.48 Å². The van der Waals surface area contributed by atoms with Crippen LogP contribution in [0.4, 0.5) is 4.79 Å². The summed E-state index contributed by atoms with van der Waals surface area (Å²) in [6.07, 6.45) is 0.294. The molecule has 2 amide bonds. The van der Waals surface area contributed by atoms with Crippen molar-refractivity contribution in [1.82, 2.24) is 10.4 Å². The molecule has 16 heavy (non-hydrogen) atoms. The number of carbonyl (C=O) groups excluding carboxylic acids is 1. The van der Waals surface area contributed by atoms with Crippen molar-refractivity contribution in [2.24, 2.45) is 5.92 Å². The number of carbonyl (C=O) groups is 2. The monoisotopic (exact) mass is 232 g/mol. The summed E-state index contributed by atoms with van der Waals surface area (Å²) in [6.45, 7) is 2.12. The minimum atomic E-state index is -1.15. The van der Waals surface area contributed by atoms with E-state index in [1.54, 1.807) is 6.92 Å². The molecule has 1 saturated heterocycles. The number of hydrogen-bond acceptors (Lipinski definition) is 4. The topological polar surface area (TPSA) is 99.1 Å². The number of amides is 2. The highest BCUT2D eigenvalue weighted by molar-refractivity contribution is 5.74. The Hall–Kier alpha value is -1.34. The first-order chi connectivity index (χ1) is 7.50. The molecule has 2 unspecified atom stereocenters. The first kappa shape index (κ1) is 12.7. The van der Waals surface area contributed by atoms with E-state index in [0.29, 0.717) is 13.1 Å². The third kappa shape index (κ3) is 3.67. The summed E-state index contributed by atoms with van der Waals surface area (Å²) in [7, 11) is 0. The molecular formula is C9H16N2O5. The molecule has 92 valence electrons. The number of rotatable bonds is 4. The highest BCUT2D eigenvalue weighted by Crippen LogP contribution is 2.19. The Labute approximate surface area is 92.9 Å². The van der Waals surface area contributed by atoms with Crippen LogP contribution in [0.1, 0.15) is 13.3 Å². The summed E-state index contributed by atoms with van der Waals surface area (Å²) >= 11 is 0. The van der Waals surface area contributed by atoms with Gasteiger partial charge >= 0.3 is 12.0 Å². The van der Waals surface area contributed by atoms with Crippen molar-refractivity contribution in [2.45, 2.75) is 19.4 Å². The molecule has 0 radical (unpaired) electrons. The van der Waals surface area contributed by atoms with Gasteiger partial charge in [0, 0.05) is 19.0 Å². The minimum absolute atomic E-state index is 0.0743. The Bertz CT molecular complexity index is 269. The molecule has 1 fully saturated rings. The van der Waals surface area contributed by atoms with Crippen LogP contribution in [0.15, 0.2) is 0 Å². The van der Waals surface area contributed by atoms with Crippen LogP contribution in [0.25, 0.3) is 0 Å². The number of urea groups is 1. The number of nitrogens with one attached hydrogen (secondary N) is 1. The largest absolute Gasteiger partial charge is 0.479 e. The molecule has 7 nitrogen and oxygen atoms in total. The second kappa shape index (κ2) is 5.66. The van der Waals surface area contributed by atoms with E-state index in [-0.39, 0.29) is 5.92 Å². The molecule has 1 aliphatic rings. The van der Waals surface area contributed by atoms with Gasteiger partial charge < -0.3 is 15.1 Å². The maximum atomic E-state index is 11.4. The second-order valence-electron chi connectivity index (χ2n) is 3.83. The van der Waals surface area contributed by atoms with Crippen molar-refractivity contribution >= 4 is 12.0 Å². The molecule has 0 aromatic carbocycles. The van der Waals surface area contributed by atoms with Crippen molar-refractivity contribution in [3.8, 4) is 0 Å². The fourth-order valence-corrected chi connectivity index (χ4v) is 1.59. The number of nitrogens with zero attached hydrogens (tertiary/aromatic N) is 1. The number of hydrogen-bond donors (Lipinski definition) is 3. The molecule has 3 N–H and O–H groups in total. The van der Waals surface area contributed by atoms with Crippen molar-refractivity contribution in [3.63, 3.8) is 0 Å². The molecule has 0 bridgehead atoms. The smallest absolute Gasteiger partial charge is 0.341 e. The lowest BCUT2D eigenvalue weighted by Gasteiger charge is -2.17. The van der Waals surface area contributed by atoms with E-state index in [9.17, 15) is 14.7 Å². The van der Waals surface area contributed by atoms with Gasteiger partial charge in [0.1, 0.15) is 0 Å². The van der Waals surface area contributed by atoms with Crippen LogP contribution in [-0.2, 0) is 9.63 Å². The normalized spacial score (nSPS) is 21.9. The Kier molecular flexibility index (Phi) is 4.51. The molecule has 1 rings (SSSR count). The van der Waals surface area contributed by atoms with E-state index in [2.05, 4.69) is 4.84 Å². The van der Waals surface area contributed by atoms with E-state index in [0.717, 1.165) is 6.42 Å². The van der Waals surface area contributed by atoms with Crippen LogP contribution in [0.2, 0.25) is 0 Å². The van der Waals surface area contributed by atoms with Gasteiger partial charge in [-0.25, -0.2) is 15.1 Å². The Morgan fingerprint density at radius 2 is 2.31 bits per heavy atom. The molecule has 7 heteroatoms. The van der Waals surface area contributed by atoms with Gasteiger partial charge in [0.2, 0.25) is 0 Å². The average Bonchev–Trinajstić information content (AvgIpc) is 2.65. The summed E-state index contributed by atoms with van der Waals surface area (Å²) < 4.78 is 0. The zero-order chi connectivity index (χ0) is 12.1. The van der Waals surface area contributed by atoms with E-state index in [1.165, 1.54) is 4.90 Å². The Balaban J connectivity index is 2.25. The molecule has 0 aliphatic carbocycles. The maximum absolute atomic E-state index is 11.4. The van der Waals surface area contributed by atoms with Crippen LogP contribution in [0.3, 0.4) is 0 Å². The third-order valence-electron chi connectivity index (χ3n) is 2.55. The van der Waals surface area contributed by atoms with Crippen molar-refractivity contribution in [2.75, 3.05) is 19.7 Å². The first-order valence-corrected chi connectivity index (χ1v) is 5.07. The SMILES string of the molecule is CC(O)C1CCN(C(=O)NOCC(=O)O)C1. The standard InChI is InChI=1S/C9H16N2O5/c1-6(12)7-2-3-11(4-7)9(15)10-16-5-8(13)14/h6-7,12H,2-5H2,1H3,(H,10,15)(H,13,14). The lowest BCUT2D eigenvalue weighted by molar-refractivity contribution is -0.144. The molecular weight excluding hydrogens is 216 g/mol. The van der Waals surface area contributed by atoms with Crippen molar-refractivity contribution < 1.29 is 24.6 Å². The lowest BCUT2D eigenvalue weighted by atomic mass is 10.0. The Morgan fingerprint density at radius 1 is 1.62 bits per heavy atom. The summed E-state index contributed by atoms with van der Waals surface area (Å²) in [5.74, 6) is -1.08. The lowest BCUT2D eigenvalue weighted by Crippen LogP contribution is -2.39. The van der Waals surface area contributed by atoms with Crippen molar-refractivity contribution in [1.29, 1.82) is 0 Å². The summed E-state index contributed by atoms with van der Waals surface area (Å²) in [5, 5.41) is 17.6. The summed E-state index contributed by atoms with van der Waals surface area (Å²) in [6, 6.07) is -0.468. The first-order valence-electron chi connectivity index (χ1n) is 5.07. The Morgan fingerprint density at radius 3 is 2.81 bits per heavy atom. The molecule has 2 atom stereocenters. The highest BCUT2D eigenvalue weighted by Gasteiger charge is 2.29. The van der Waals surface area contributed by atoms with E-state index >= 15 is 0 Å². The average molecular weight is 232 g/mol. The van der Waals surface area contributed by atoms with E-state index in [1.807, 2.05) is 5.48 Å². The summed E-state index contributed by atoms with van der Waals surface area (Å²) in [4.78, 5) is 27.5. The van der Waals surface area contributed by atoms with Crippen molar-refractivity contribution in [3.05, 3.63) is 0 Å². The van der Waals surface area contributed by atoms with Gasteiger partial charge in [0.15, 0.2) is 6.61 Å². The second-order valence-corrected chi connectivity index (χ2v) is 3.83. The maximum Gasteiger partial charge on any atom is 0.341 e. The van der Waals surface area contributed by atoms with Gasteiger partial charge in [0.25, 0.3) is 0 Å². The van der Waals surface area contributed by atoms with E-state index < -0.39 is 24.7 Å². The molecule has 0 saturated carbocycles. The third-order valence-corrected chi connectivity index (χ3v) is 2.55. The van der Waals surface area contributed by atoms with Crippen LogP contribution >= 0.6 is 0 Å². The molecule has 0 spiro atoms. The van der Waals surface area contributed by atoms with Gasteiger partial charge in [-0.2, -0.15) is 0 Å². The predicted octanol–water partition coefficient (Wildman–Crippen LogP) is -0.585. The number of aliphatic hydroxyl groups is 1. The fourth-order valence-electron chi connectivity index (χ4n) is 1.59. The minimum Gasteiger partial charge on any atom is -0.479 e. The van der Waals surface area contributed by atoms with Gasteiger partial charge in [-0.15, -0.1) is 0 Å². The number of aliphatic hydroxyl groups excluding tert-OH is 1. The summed E-state index contributed by atoms with van der Waals surface area (Å²) in [5.41, 5.74) is 2.04. The fraction of sp³-hybridized carbons (Fsp3) is 0.778. The van der Waals surface area contributed by atoms with Crippen LogP contribution in [0, 0.1) is 5.92 Å². The highest BCUT2D eigenvalue weighted by atomic mass is 16.7. The molecule has 0 aromatic rings. The van der Waals surface area contributed by atoms with E-state index in [4.69, 9.17) is 5.11 Å². The molecule has 1 aliphatic heterocycles. The predicted molar refractivity (Wildman–Crippen MR) is 53.5 cm³/mol. The number of carboxylic acid groups (broad SMARTS) is 1. The van der Waals surface area contributed by atoms with Crippen LogP contribution in [0.5, 0.6) is 0 Å². The number of carboxylic acids is 1. The van der Waals surface area contributed by atoms with Gasteiger partial charge in [-0.05, 0) is 13.3 Å². The van der Waals surface area contributed by atoms with Gasteiger partial charge in [-0.1, -0.05) is 0 Å². The van der Waals surface area contributed by atoms with Gasteiger partial charge in [0.05, 0.1) is 6.10 Å².